The van der Waals surface area contributed by atoms with E-state index in [9.17, 15) is 5.26 Å². The Kier molecular flexibility index (Phi) is 3.26. The minimum atomic E-state index is -1.20. The summed E-state index contributed by atoms with van der Waals surface area (Å²) in [6.07, 6.45) is 3.06. The summed E-state index contributed by atoms with van der Waals surface area (Å²) < 4.78 is 19.1. The van der Waals surface area contributed by atoms with Gasteiger partial charge in [0.15, 0.2) is 6.10 Å². The normalized spacial score (nSPS) is 38.8. The van der Waals surface area contributed by atoms with Crippen LogP contribution in [0.4, 0.5) is 0 Å². The maximum absolute atomic E-state index is 9.56. The molecule has 1 aromatic carbocycles. The Hall–Kier alpha value is -0.680. The van der Waals surface area contributed by atoms with E-state index in [2.05, 4.69) is 28.7 Å². The molecule has 110 valence electrons. The van der Waals surface area contributed by atoms with Gasteiger partial charge >= 0.3 is 5.97 Å². The SMILES string of the molecule is N#CC1OC2(c3ccc(I)cc3)OCC1(C1CCC1)CO2. The number of nitrogens with zero attached hydrogens (tertiary/aromatic N) is 1. The van der Waals surface area contributed by atoms with Gasteiger partial charge in [-0.3, -0.25) is 0 Å². The summed E-state index contributed by atoms with van der Waals surface area (Å²) in [7, 11) is 0. The van der Waals surface area contributed by atoms with Gasteiger partial charge in [0.05, 0.1) is 24.7 Å². The molecular weight excluding hydrogens is 381 g/mol. The molecule has 0 amide bonds. The largest absolute Gasteiger partial charge is 0.323 e. The molecule has 21 heavy (non-hydrogen) atoms. The van der Waals surface area contributed by atoms with Crippen molar-refractivity contribution >= 4 is 22.6 Å². The minimum Gasteiger partial charge on any atom is -0.323 e. The van der Waals surface area contributed by atoms with Crippen molar-refractivity contribution in [2.24, 2.45) is 11.3 Å². The lowest BCUT2D eigenvalue weighted by Crippen LogP contribution is -2.66. The van der Waals surface area contributed by atoms with E-state index in [-0.39, 0.29) is 5.41 Å². The first-order valence-electron chi connectivity index (χ1n) is 7.30. The molecule has 4 fully saturated rings. The highest BCUT2D eigenvalue weighted by Crippen LogP contribution is 2.55. The van der Waals surface area contributed by atoms with Crippen molar-refractivity contribution in [2.75, 3.05) is 13.2 Å². The van der Waals surface area contributed by atoms with Gasteiger partial charge in [0.1, 0.15) is 0 Å². The number of rotatable bonds is 2. The van der Waals surface area contributed by atoms with Gasteiger partial charge in [-0.15, -0.1) is 0 Å². The highest BCUT2D eigenvalue weighted by molar-refractivity contribution is 14.1. The molecule has 1 unspecified atom stereocenters. The van der Waals surface area contributed by atoms with E-state index in [1.807, 2.05) is 24.3 Å². The van der Waals surface area contributed by atoms with Gasteiger partial charge in [-0.1, -0.05) is 6.42 Å². The molecule has 5 rings (SSSR count). The first-order chi connectivity index (χ1) is 10.2. The Labute approximate surface area is 137 Å². The minimum absolute atomic E-state index is 0.280. The van der Waals surface area contributed by atoms with E-state index in [1.165, 1.54) is 6.42 Å². The molecule has 0 spiro atoms. The zero-order valence-corrected chi connectivity index (χ0v) is 13.7. The molecule has 0 radical (unpaired) electrons. The summed E-state index contributed by atoms with van der Waals surface area (Å²) in [4.78, 5) is 0. The van der Waals surface area contributed by atoms with E-state index in [4.69, 9.17) is 14.2 Å². The fourth-order valence-corrected chi connectivity index (χ4v) is 3.87. The molecule has 3 saturated heterocycles. The zero-order chi connectivity index (χ0) is 14.5. The highest BCUT2D eigenvalue weighted by Gasteiger charge is 2.62. The quantitative estimate of drug-likeness (QED) is 0.720. The number of fused-ring (bicyclic) bond motifs is 3. The fraction of sp³-hybridized carbons (Fsp3) is 0.562. The molecule has 2 bridgehead atoms. The van der Waals surface area contributed by atoms with Crippen LogP contribution in [-0.4, -0.2) is 19.3 Å². The summed E-state index contributed by atoms with van der Waals surface area (Å²) >= 11 is 2.25. The second-order valence-corrected chi connectivity index (χ2v) is 7.37. The van der Waals surface area contributed by atoms with Crippen LogP contribution >= 0.6 is 22.6 Å². The van der Waals surface area contributed by atoms with Gasteiger partial charge in [-0.05, 0) is 65.6 Å². The molecule has 3 aliphatic heterocycles. The Morgan fingerprint density at radius 3 is 2.33 bits per heavy atom. The average molecular weight is 397 g/mol. The Balaban J connectivity index is 1.67. The molecule has 1 aromatic rings. The van der Waals surface area contributed by atoms with Gasteiger partial charge in [0, 0.05) is 9.13 Å². The monoisotopic (exact) mass is 397 g/mol. The number of ether oxygens (including phenoxy) is 3. The summed E-state index contributed by atoms with van der Waals surface area (Å²) in [5.74, 6) is -0.715. The molecule has 1 saturated carbocycles. The predicted molar refractivity (Wildman–Crippen MR) is 83.0 cm³/mol. The third kappa shape index (κ3) is 1.96. The van der Waals surface area contributed by atoms with Crippen LogP contribution < -0.4 is 0 Å². The molecule has 0 N–H and O–H groups in total. The third-order valence-electron chi connectivity index (χ3n) is 5.09. The number of benzene rings is 1. The van der Waals surface area contributed by atoms with E-state index in [1.54, 1.807) is 0 Å². The Morgan fingerprint density at radius 1 is 1.14 bits per heavy atom. The lowest BCUT2D eigenvalue weighted by molar-refractivity contribution is -0.500. The topological polar surface area (TPSA) is 51.5 Å². The summed E-state index contributed by atoms with van der Waals surface area (Å²) in [6, 6.07) is 10.2. The van der Waals surface area contributed by atoms with Crippen LogP contribution in [0.25, 0.3) is 0 Å². The van der Waals surface area contributed by atoms with E-state index in [0.717, 1.165) is 22.0 Å². The molecule has 5 heteroatoms. The van der Waals surface area contributed by atoms with Crippen molar-refractivity contribution in [3.63, 3.8) is 0 Å². The Morgan fingerprint density at radius 2 is 1.81 bits per heavy atom. The molecule has 4 nitrogen and oxygen atoms in total. The van der Waals surface area contributed by atoms with E-state index < -0.39 is 12.1 Å². The third-order valence-corrected chi connectivity index (χ3v) is 5.81. The summed E-state index contributed by atoms with van der Waals surface area (Å²) in [5.41, 5.74) is 0.544. The van der Waals surface area contributed by atoms with Gasteiger partial charge in [0.25, 0.3) is 0 Å². The van der Waals surface area contributed by atoms with Crippen molar-refractivity contribution < 1.29 is 14.2 Å². The number of hydrogen-bond donors (Lipinski definition) is 0. The molecule has 4 aliphatic rings. The first-order valence-corrected chi connectivity index (χ1v) is 8.38. The Bertz CT molecular complexity index is 583. The van der Waals surface area contributed by atoms with Crippen LogP contribution in [0.5, 0.6) is 0 Å². The van der Waals surface area contributed by atoms with Crippen molar-refractivity contribution in [3.8, 4) is 6.07 Å². The van der Waals surface area contributed by atoms with Gasteiger partial charge in [-0.2, -0.15) is 5.26 Å². The van der Waals surface area contributed by atoms with Crippen molar-refractivity contribution in [2.45, 2.75) is 31.3 Å². The maximum Gasteiger partial charge on any atom is 0.313 e. The second-order valence-electron chi connectivity index (χ2n) is 6.13. The molecule has 1 atom stereocenters. The van der Waals surface area contributed by atoms with Crippen LogP contribution in [0.1, 0.15) is 24.8 Å². The second kappa shape index (κ2) is 4.92. The van der Waals surface area contributed by atoms with Crippen LogP contribution in [0.15, 0.2) is 24.3 Å². The number of hydrogen-bond acceptors (Lipinski definition) is 4. The predicted octanol–water partition coefficient (Wildman–Crippen LogP) is 3.16. The van der Waals surface area contributed by atoms with E-state index in [0.29, 0.717) is 19.1 Å². The van der Waals surface area contributed by atoms with Crippen molar-refractivity contribution in [3.05, 3.63) is 33.4 Å². The number of halogens is 1. The van der Waals surface area contributed by atoms with Crippen LogP contribution in [0.3, 0.4) is 0 Å². The standard InChI is InChI=1S/C16H16INO3/c17-13-6-4-12(5-7-13)16-19-9-15(10-20-16,11-2-1-3-11)14(8-18)21-16/h4-7,11,14H,1-3,9-10H2. The van der Waals surface area contributed by atoms with Crippen molar-refractivity contribution in [1.29, 1.82) is 5.26 Å². The highest BCUT2D eigenvalue weighted by atomic mass is 127. The van der Waals surface area contributed by atoms with Gasteiger partial charge < -0.3 is 14.2 Å². The molecule has 1 aliphatic carbocycles. The molecular formula is C16H16INO3. The maximum atomic E-state index is 9.56. The molecule has 3 heterocycles. The van der Waals surface area contributed by atoms with Gasteiger partial charge in [0.2, 0.25) is 0 Å². The first kappa shape index (κ1) is 13.9. The average Bonchev–Trinajstić information content (AvgIpc) is 2.47. The summed E-state index contributed by atoms with van der Waals surface area (Å²) in [5, 5.41) is 9.56. The smallest absolute Gasteiger partial charge is 0.313 e. The van der Waals surface area contributed by atoms with Gasteiger partial charge in [-0.25, -0.2) is 0 Å². The van der Waals surface area contributed by atoms with Crippen molar-refractivity contribution in [1.82, 2.24) is 0 Å². The fourth-order valence-electron chi connectivity index (χ4n) is 3.51. The molecule has 0 aromatic heterocycles. The van der Waals surface area contributed by atoms with E-state index >= 15 is 0 Å². The lowest BCUT2D eigenvalue weighted by Gasteiger charge is -2.58. The van der Waals surface area contributed by atoms with Crippen LogP contribution in [-0.2, 0) is 20.2 Å². The van der Waals surface area contributed by atoms with Crippen LogP contribution in [0, 0.1) is 26.2 Å². The summed E-state index contributed by atoms with van der Waals surface area (Å²) in [6.45, 7) is 1.09. The van der Waals surface area contributed by atoms with Crippen LogP contribution in [0.2, 0.25) is 0 Å². The zero-order valence-electron chi connectivity index (χ0n) is 11.5. The lowest BCUT2D eigenvalue weighted by atomic mass is 9.62. The number of nitriles is 1.